The number of fused-ring (bicyclic) bond motifs is 1. The first-order chi connectivity index (χ1) is 8.59. The van der Waals surface area contributed by atoms with Gasteiger partial charge >= 0.3 is 0 Å². The van der Waals surface area contributed by atoms with Crippen LogP contribution in [-0.4, -0.2) is 9.97 Å². The fourth-order valence-corrected chi connectivity index (χ4v) is 2.08. The average Bonchev–Trinajstić information content (AvgIpc) is 2.26. The van der Waals surface area contributed by atoms with Crippen LogP contribution in [-0.2, 0) is 10.8 Å². The molecule has 0 aliphatic heterocycles. The standard InChI is InChI=1S/C17H24N2/c1-11-13-10-12(16(2,3)4)8-9-14(13)19-15(18-11)17(5,6)7/h8-10H,1-7H3. The number of hydrogen-bond donors (Lipinski definition) is 0. The van der Waals surface area contributed by atoms with Gasteiger partial charge in [-0.25, -0.2) is 9.97 Å². The first kappa shape index (κ1) is 14.0. The van der Waals surface area contributed by atoms with Gasteiger partial charge in [0.1, 0.15) is 5.82 Å². The van der Waals surface area contributed by atoms with E-state index in [1.54, 1.807) is 0 Å². The molecule has 0 N–H and O–H groups in total. The Bertz CT molecular complexity index is 613. The zero-order valence-electron chi connectivity index (χ0n) is 13.1. The first-order valence-electron chi connectivity index (χ1n) is 6.88. The first-order valence-corrected chi connectivity index (χ1v) is 6.88. The third kappa shape index (κ3) is 2.78. The summed E-state index contributed by atoms with van der Waals surface area (Å²) in [7, 11) is 0. The second-order valence-electron chi connectivity index (χ2n) is 7.36. The zero-order chi connectivity index (χ0) is 14.4. The quantitative estimate of drug-likeness (QED) is 0.692. The van der Waals surface area contributed by atoms with Gasteiger partial charge in [0.25, 0.3) is 0 Å². The molecule has 2 heteroatoms. The van der Waals surface area contributed by atoms with E-state index >= 15 is 0 Å². The second-order valence-corrected chi connectivity index (χ2v) is 7.36. The highest BCUT2D eigenvalue weighted by atomic mass is 14.9. The molecule has 0 unspecified atom stereocenters. The molecule has 0 atom stereocenters. The molecule has 2 nitrogen and oxygen atoms in total. The Hall–Kier alpha value is -1.44. The maximum Gasteiger partial charge on any atom is 0.134 e. The van der Waals surface area contributed by atoms with Gasteiger partial charge in [0, 0.05) is 16.5 Å². The monoisotopic (exact) mass is 256 g/mol. The summed E-state index contributed by atoms with van der Waals surface area (Å²) in [6.45, 7) is 15.2. The van der Waals surface area contributed by atoms with E-state index in [1.807, 2.05) is 0 Å². The van der Waals surface area contributed by atoms with Crippen molar-refractivity contribution in [1.29, 1.82) is 0 Å². The van der Waals surface area contributed by atoms with Crippen molar-refractivity contribution >= 4 is 10.9 Å². The lowest BCUT2D eigenvalue weighted by atomic mass is 9.86. The zero-order valence-corrected chi connectivity index (χ0v) is 13.1. The summed E-state index contributed by atoms with van der Waals surface area (Å²) in [4.78, 5) is 9.40. The molecule has 19 heavy (non-hydrogen) atoms. The van der Waals surface area contributed by atoms with E-state index in [-0.39, 0.29) is 10.8 Å². The van der Waals surface area contributed by atoms with E-state index in [4.69, 9.17) is 4.98 Å². The van der Waals surface area contributed by atoms with Crippen LogP contribution >= 0.6 is 0 Å². The van der Waals surface area contributed by atoms with Crippen LogP contribution in [0.25, 0.3) is 10.9 Å². The predicted molar refractivity (Wildman–Crippen MR) is 81.7 cm³/mol. The lowest BCUT2D eigenvalue weighted by Gasteiger charge is -2.21. The van der Waals surface area contributed by atoms with Crippen LogP contribution < -0.4 is 0 Å². The molecule has 0 radical (unpaired) electrons. The summed E-state index contributed by atoms with van der Waals surface area (Å²) >= 11 is 0. The molecule has 0 aliphatic rings. The Morgan fingerprint density at radius 2 is 1.47 bits per heavy atom. The molecule has 1 aromatic heterocycles. The topological polar surface area (TPSA) is 25.8 Å². The molecule has 1 aromatic carbocycles. The van der Waals surface area contributed by atoms with Crippen LogP contribution in [0.4, 0.5) is 0 Å². The van der Waals surface area contributed by atoms with Gasteiger partial charge in [-0.2, -0.15) is 0 Å². The Labute approximate surface area is 116 Å². The smallest absolute Gasteiger partial charge is 0.134 e. The summed E-state index contributed by atoms with van der Waals surface area (Å²) < 4.78 is 0. The Balaban J connectivity index is 2.67. The van der Waals surface area contributed by atoms with Gasteiger partial charge in [0.05, 0.1) is 5.52 Å². The van der Waals surface area contributed by atoms with Crippen molar-refractivity contribution in [3.05, 3.63) is 35.3 Å². The minimum absolute atomic E-state index is 0.0123. The average molecular weight is 256 g/mol. The van der Waals surface area contributed by atoms with Crippen molar-refractivity contribution in [2.24, 2.45) is 0 Å². The summed E-state index contributed by atoms with van der Waals surface area (Å²) in [5.74, 6) is 0.918. The molecule has 0 saturated carbocycles. The minimum atomic E-state index is -0.0123. The van der Waals surface area contributed by atoms with E-state index in [1.165, 1.54) is 10.9 Å². The van der Waals surface area contributed by atoms with Crippen LogP contribution in [0.1, 0.15) is 58.6 Å². The Morgan fingerprint density at radius 1 is 0.842 bits per heavy atom. The summed E-state index contributed by atoms with van der Waals surface area (Å²) in [5.41, 5.74) is 3.59. The van der Waals surface area contributed by atoms with Crippen LogP contribution in [0.3, 0.4) is 0 Å². The van der Waals surface area contributed by atoms with Crippen LogP contribution in [0.2, 0.25) is 0 Å². The van der Waals surface area contributed by atoms with Crippen molar-refractivity contribution in [2.75, 3.05) is 0 Å². The number of benzene rings is 1. The van der Waals surface area contributed by atoms with Crippen molar-refractivity contribution in [2.45, 2.75) is 59.3 Å². The molecule has 0 fully saturated rings. The highest BCUT2D eigenvalue weighted by molar-refractivity contribution is 5.81. The van der Waals surface area contributed by atoms with E-state index < -0.39 is 0 Å². The third-order valence-corrected chi connectivity index (χ3v) is 3.42. The van der Waals surface area contributed by atoms with Crippen LogP contribution in [0.15, 0.2) is 18.2 Å². The highest BCUT2D eigenvalue weighted by Crippen LogP contribution is 2.28. The largest absolute Gasteiger partial charge is 0.237 e. The van der Waals surface area contributed by atoms with E-state index in [9.17, 15) is 0 Å². The fraction of sp³-hybridized carbons (Fsp3) is 0.529. The predicted octanol–water partition coefficient (Wildman–Crippen LogP) is 4.53. The lowest BCUT2D eigenvalue weighted by molar-refractivity contribution is 0.546. The molecule has 1 heterocycles. The van der Waals surface area contributed by atoms with Crippen molar-refractivity contribution in [3.63, 3.8) is 0 Å². The van der Waals surface area contributed by atoms with Gasteiger partial charge in [0.15, 0.2) is 0 Å². The molecule has 0 aliphatic carbocycles. The number of aryl methyl sites for hydroxylation is 1. The lowest BCUT2D eigenvalue weighted by Crippen LogP contribution is -2.17. The number of aromatic nitrogens is 2. The summed E-state index contributed by atoms with van der Waals surface area (Å²) in [5, 5.41) is 1.17. The molecule has 0 amide bonds. The number of nitrogens with zero attached hydrogens (tertiary/aromatic N) is 2. The number of hydrogen-bond acceptors (Lipinski definition) is 2. The Kier molecular flexibility index (Phi) is 3.16. The van der Waals surface area contributed by atoms with Gasteiger partial charge in [-0.05, 0) is 30.0 Å². The minimum Gasteiger partial charge on any atom is -0.237 e. The molecule has 2 aromatic rings. The van der Waals surface area contributed by atoms with Crippen LogP contribution in [0, 0.1) is 6.92 Å². The van der Waals surface area contributed by atoms with Gasteiger partial charge < -0.3 is 0 Å². The third-order valence-electron chi connectivity index (χ3n) is 3.42. The molecule has 0 saturated heterocycles. The molecular weight excluding hydrogens is 232 g/mol. The van der Waals surface area contributed by atoms with Gasteiger partial charge in [-0.3, -0.25) is 0 Å². The maximum atomic E-state index is 4.72. The summed E-state index contributed by atoms with van der Waals surface area (Å²) in [6, 6.07) is 6.54. The molecule has 0 spiro atoms. The normalized spacial score (nSPS) is 13.0. The maximum absolute atomic E-state index is 4.72. The van der Waals surface area contributed by atoms with Crippen molar-refractivity contribution in [1.82, 2.24) is 9.97 Å². The molecule has 2 rings (SSSR count). The molecular formula is C17H24N2. The summed E-state index contributed by atoms with van der Waals surface area (Å²) in [6.07, 6.45) is 0. The van der Waals surface area contributed by atoms with Crippen LogP contribution in [0.5, 0.6) is 0 Å². The highest BCUT2D eigenvalue weighted by Gasteiger charge is 2.20. The van der Waals surface area contributed by atoms with E-state index in [2.05, 4.69) is 71.6 Å². The van der Waals surface area contributed by atoms with E-state index in [0.29, 0.717) is 0 Å². The van der Waals surface area contributed by atoms with Gasteiger partial charge in [-0.15, -0.1) is 0 Å². The molecule has 0 bridgehead atoms. The second kappa shape index (κ2) is 4.29. The van der Waals surface area contributed by atoms with Gasteiger partial charge in [0.2, 0.25) is 0 Å². The van der Waals surface area contributed by atoms with Crippen molar-refractivity contribution < 1.29 is 0 Å². The number of rotatable bonds is 0. The van der Waals surface area contributed by atoms with Gasteiger partial charge in [-0.1, -0.05) is 47.6 Å². The fourth-order valence-electron chi connectivity index (χ4n) is 2.08. The van der Waals surface area contributed by atoms with Crippen molar-refractivity contribution in [3.8, 4) is 0 Å². The molecule has 102 valence electrons. The Morgan fingerprint density at radius 3 is 2.00 bits per heavy atom. The van der Waals surface area contributed by atoms with E-state index in [0.717, 1.165) is 17.0 Å². The SMILES string of the molecule is Cc1nc(C(C)(C)C)nc2ccc(C(C)(C)C)cc12.